The normalized spacial score (nSPS) is 16.1. The predicted octanol–water partition coefficient (Wildman–Crippen LogP) is 2.10. The van der Waals surface area contributed by atoms with Gasteiger partial charge in [0.15, 0.2) is 0 Å². The van der Waals surface area contributed by atoms with E-state index < -0.39 is 0 Å². The lowest BCUT2D eigenvalue weighted by Gasteiger charge is -2.37. The Labute approximate surface area is 147 Å². The van der Waals surface area contributed by atoms with Crippen LogP contribution in [0.4, 0.5) is 11.5 Å². The zero-order chi connectivity index (χ0) is 17.8. The molecule has 3 rings (SSSR count). The first-order valence-electron chi connectivity index (χ1n) is 8.59. The number of piperidine rings is 1. The number of aryl methyl sites for hydroxylation is 1. The maximum Gasteiger partial charge on any atom is 0.290 e. The number of aromatic nitrogens is 3. The van der Waals surface area contributed by atoms with Gasteiger partial charge in [-0.1, -0.05) is 0 Å². The summed E-state index contributed by atoms with van der Waals surface area (Å²) in [4.78, 5) is 19.6. The second-order valence-corrected chi connectivity index (χ2v) is 6.48. The van der Waals surface area contributed by atoms with Crippen LogP contribution >= 0.6 is 0 Å². The van der Waals surface area contributed by atoms with Crippen molar-refractivity contribution in [2.24, 2.45) is 0 Å². The van der Waals surface area contributed by atoms with Gasteiger partial charge in [0.25, 0.3) is 5.69 Å². The van der Waals surface area contributed by atoms with Gasteiger partial charge < -0.3 is 9.80 Å². The molecule has 0 saturated carbocycles. The van der Waals surface area contributed by atoms with Crippen molar-refractivity contribution in [2.75, 3.05) is 31.6 Å². The van der Waals surface area contributed by atoms with Gasteiger partial charge in [-0.2, -0.15) is 5.10 Å². The highest BCUT2D eigenvalue weighted by molar-refractivity contribution is 5.47. The average Bonchev–Trinajstić information content (AvgIpc) is 3.13. The maximum atomic E-state index is 10.9. The van der Waals surface area contributed by atoms with Crippen LogP contribution < -0.4 is 4.90 Å². The molecule has 0 unspecified atom stereocenters. The molecule has 134 valence electrons. The van der Waals surface area contributed by atoms with Crippen molar-refractivity contribution < 1.29 is 4.92 Å². The first-order chi connectivity index (χ1) is 12.0. The number of nitrogens with zero attached hydrogens (tertiary/aromatic N) is 6. The molecule has 1 aliphatic heterocycles. The smallest absolute Gasteiger partial charge is 0.290 e. The summed E-state index contributed by atoms with van der Waals surface area (Å²) in [6.07, 6.45) is 5.92. The Morgan fingerprint density at radius 2 is 2.08 bits per heavy atom. The Kier molecular flexibility index (Phi) is 5.28. The fourth-order valence-corrected chi connectivity index (χ4v) is 3.32. The zero-order valence-corrected chi connectivity index (χ0v) is 14.7. The number of hydrogen-bond acceptors (Lipinski definition) is 6. The SMILES string of the molecule is Cc1nc(N(C)C2CCN(CCn3cccn3)CC2)ccc1[N+](=O)[O-]. The Morgan fingerprint density at radius 1 is 1.32 bits per heavy atom. The summed E-state index contributed by atoms with van der Waals surface area (Å²) >= 11 is 0. The van der Waals surface area contributed by atoms with Crippen LogP contribution in [0.3, 0.4) is 0 Å². The fourth-order valence-electron chi connectivity index (χ4n) is 3.32. The Morgan fingerprint density at radius 3 is 2.68 bits per heavy atom. The van der Waals surface area contributed by atoms with Gasteiger partial charge >= 0.3 is 0 Å². The summed E-state index contributed by atoms with van der Waals surface area (Å²) in [6.45, 7) is 5.70. The molecular weight excluding hydrogens is 320 g/mol. The molecule has 0 aliphatic carbocycles. The van der Waals surface area contributed by atoms with E-state index in [1.165, 1.54) is 0 Å². The van der Waals surface area contributed by atoms with Gasteiger partial charge in [-0.15, -0.1) is 0 Å². The number of pyridine rings is 1. The zero-order valence-electron chi connectivity index (χ0n) is 14.7. The summed E-state index contributed by atoms with van der Waals surface area (Å²) in [7, 11) is 2.03. The number of nitro groups is 1. The summed E-state index contributed by atoms with van der Waals surface area (Å²) in [6, 6.07) is 5.65. The molecule has 1 saturated heterocycles. The minimum Gasteiger partial charge on any atom is -0.357 e. The van der Waals surface area contributed by atoms with Gasteiger partial charge in [-0.3, -0.25) is 14.8 Å². The highest BCUT2D eigenvalue weighted by Gasteiger charge is 2.24. The van der Waals surface area contributed by atoms with E-state index in [2.05, 4.69) is 19.9 Å². The molecule has 8 nitrogen and oxygen atoms in total. The third-order valence-electron chi connectivity index (χ3n) is 4.91. The summed E-state index contributed by atoms with van der Waals surface area (Å²) in [5.74, 6) is 0.804. The molecule has 0 N–H and O–H groups in total. The second-order valence-electron chi connectivity index (χ2n) is 6.48. The van der Waals surface area contributed by atoms with Crippen molar-refractivity contribution in [3.63, 3.8) is 0 Å². The van der Waals surface area contributed by atoms with Crippen LogP contribution in [0.5, 0.6) is 0 Å². The van der Waals surface area contributed by atoms with Crippen molar-refractivity contribution in [3.05, 3.63) is 46.4 Å². The molecule has 0 spiro atoms. The van der Waals surface area contributed by atoms with Crippen LogP contribution in [-0.4, -0.2) is 57.3 Å². The standard InChI is InChI=1S/C17H24N6O2/c1-14-16(23(24)25)4-5-17(19-14)20(2)15-6-10-21(11-7-15)12-13-22-9-3-8-18-22/h3-5,8-9,15H,6-7,10-13H2,1-2H3. The van der Waals surface area contributed by atoms with E-state index in [1.54, 1.807) is 25.3 Å². The lowest BCUT2D eigenvalue weighted by molar-refractivity contribution is -0.385. The largest absolute Gasteiger partial charge is 0.357 e. The van der Waals surface area contributed by atoms with Crippen molar-refractivity contribution >= 4 is 11.5 Å². The van der Waals surface area contributed by atoms with Crippen LogP contribution in [0, 0.1) is 17.0 Å². The predicted molar refractivity (Wildman–Crippen MR) is 95.7 cm³/mol. The Bertz CT molecular complexity index is 710. The Hall–Kier alpha value is -2.48. The van der Waals surface area contributed by atoms with Crippen molar-refractivity contribution in [2.45, 2.75) is 32.4 Å². The van der Waals surface area contributed by atoms with E-state index in [1.807, 2.05) is 24.0 Å². The highest BCUT2D eigenvalue weighted by Crippen LogP contribution is 2.24. The summed E-state index contributed by atoms with van der Waals surface area (Å²) < 4.78 is 1.96. The van der Waals surface area contributed by atoms with Crippen LogP contribution in [0.2, 0.25) is 0 Å². The van der Waals surface area contributed by atoms with Gasteiger partial charge in [-0.05, 0) is 31.9 Å². The van der Waals surface area contributed by atoms with E-state index in [9.17, 15) is 10.1 Å². The average molecular weight is 344 g/mol. The molecule has 2 aromatic heterocycles. The van der Waals surface area contributed by atoms with Crippen LogP contribution in [0.25, 0.3) is 0 Å². The first-order valence-corrected chi connectivity index (χ1v) is 8.59. The molecule has 0 bridgehead atoms. The molecule has 0 radical (unpaired) electrons. The van der Waals surface area contributed by atoms with Crippen molar-refractivity contribution in [1.82, 2.24) is 19.7 Å². The van der Waals surface area contributed by atoms with Crippen LogP contribution in [0.1, 0.15) is 18.5 Å². The van der Waals surface area contributed by atoms with Gasteiger partial charge in [0.05, 0.1) is 11.5 Å². The third kappa shape index (κ3) is 4.14. The van der Waals surface area contributed by atoms with E-state index in [-0.39, 0.29) is 10.6 Å². The van der Waals surface area contributed by atoms with Crippen molar-refractivity contribution in [3.8, 4) is 0 Å². The molecule has 0 atom stereocenters. The Balaban J connectivity index is 1.53. The number of anilines is 1. The van der Waals surface area contributed by atoms with Gasteiger partial charge in [0.2, 0.25) is 0 Å². The lowest BCUT2D eigenvalue weighted by atomic mass is 10.0. The van der Waals surface area contributed by atoms with E-state index in [0.29, 0.717) is 11.7 Å². The van der Waals surface area contributed by atoms with E-state index in [4.69, 9.17) is 0 Å². The van der Waals surface area contributed by atoms with E-state index >= 15 is 0 Å². The highest BCUT2D eigenvalue weighted by atomic mass is 16.6. The molecule has 25 heavy (non-hydrogen) atoms. The molecule has 3 heterocycles. The lowest BCUT2D eigenvalue weighted by Crippen LogP contribution is -2.44. The minimum absolute atomic E-state index is 0.0746. The molecule has 0 amide bonds. The monoisotopic (exact) mass is 344 g/mol. The van der Waals surface area contributed by atoms with E-state index in [0.717, 1.165) is 44.8 Å². The summed E-state index contributed by atoms with van der Waals surface area (Å²) in [5, 5.41) is 15.2. The first kappa shape index (κ1) is 17.3. The molecule has 2 aromatic rings. The second kappa shape index (κ2) is 7.60. The number of hydrogen-bond donors (Lipinski definition) is 0. The van der Waals surface area contributed by atoms with Crippen molar-refractivity contribution in [1.29, 1.82) is 0 Å². The number of likely N-dealkylation sites (tertiary alicyclic amines) is 1. The maximum absolute atomic E-state index is 10.9. The molecule has 0 aromatic carbocycles. The van der Waals surface area contributed by atoms with Gasteiger partial charge in [0, 0.05) is 51.2 Å². The molecular formula is C17H24N6O2. The minimum atomic E-state index is -0.385. The molecule has 1 fully saturated rings. The van der Waals surface area contributed by atoms with Crippen LogP contribution in [-0.2, 0) is 6.54 Å². The quantitative estimate of drug-likeness (QED) is 0.590. The molecule has 8 heteroatoms. The third-order valence-corrected chi connectivity index (χ3v) is 4.91. The van der Waals surface area contributed by atoms with Crippen LogP contribution in [0.15, 0.2) is 30.6 Å². The number of rotatable bonds is 6. The summed E-state index contributed by atoms with van der Waals surface area (Å²) in [5.41, 5.74) is 0.539. The topological polar surface area (TPSA) is 80.3 Å². The fraction of sp³-hybridized carbons (Fsp3) is 0.529. The van der Waals surface area contributed by atoms with Gasteiger partial charge in [0.1, 0.15) is 11.5 Å². The van der Waals surface area contributed by atoms with Gasteiger partial charge in [-0.25, -0.2) is 4.98 Å². The molecule has 1 aliphatic rings.